The second kappa shape index (κ2) is 9.82. The summed E-state index contributed by atoms with van der Waals surface area (Å²) < 4.78 is 10.3. The van der Waals surface area contributed by atoms with Crippen LogP contribution in [0.25, 0.3) is 106 Å². The van der Waals surface area contributed by atoms with E-state index in [9.17, 15) is 0 Å². The quantitative estimate of drug-likeness (QED) is 0.173. The van der Waals surface area contributed by atoms with Crippen molar-refractivity contribution in [3.05, 3.63) is 158 Å². The van der Waals surface area contributed by atoms with Gasteiger partial charge < -0.3 is 9.13 Å². The van der Waals surface area contributed by atoms with Gasteiger partial charge in [0.25, 0.3) is 0 Å². The molecule has 0 aliphatic carbocycles. The van der Waals surface area contributed by atoms with Crippen molar-refractivity contribution in [1.82, 2.24) is 9.13 Å². The zero-order valence-corrected chi connectivity index (χ0v) is 28.4. The second-order valence-electron chi connectivity index (χ2n) is 13.2. The van der Waals surface area contributed by atoms with Gasteiger partial charge in [0.05, 0.1) is 26.8 Å². The average Bonchev–Trinajstić information content (AvgIpc) is 3.92. The highest BCUT2D eigenvalue weighted by Crippen LogP contribution is 2.51. The maximum atomic E-state index is 2.55. The molecule has 12 rings (SSSR count). The largest absolute Gasteiger partial charge is 0.309 e. The predicted molar refractivity (Wildman–Crippen MR) is 218 cm³/mol. The molecule has 0 atom stereocenters. The Kier molecular flexibility index (Phi) is 5.29. The maximum absolute atomic E-state index is 2.55. The van der Waals surface area contributed by atoms with E-state index in [0.29, 0.717) is 0 Å². The summed E-state index contributed by atoms with van der Waals surface area (Å²) in [4.78, 5) is 0. The van der Waals surface area contributed by atoms with Crippen molar-refractivity contribution >= 4 is 117 Å². The fourth-order valence-electron chi connectivity index (χ4n) is 8.70. The Morgan fingerprint density at radius 3 is 1.74 bits per heavy atom. The number of aromatic nitrogens is 2. The van der Waals surface area contributed by atoms with Gasteiger partial charge >= 0.3 is 0 Å². The first kappa shape index (κ1) is 26.9. The van der Waals surface area contributed by atoms with Crippen LogP contribution in [0, 0.1) is 0 Å². The smallest absolute Gasteiger partial charge is 0.0726 e. The van der Waals surface area contributed by atoms with Crippen molar-refractivity contribution in [3.63, 3.8) is 0 Å². The van der Waals surface area contributed by atoms with Crippen molar-refractivity contribution < 1.29 is 0 Å². The van der Waals surface area contributed by atoms with Crippen molar-refractivity contribution in [2.75, 3.05) is 0 Å². The van der Waals surface area contributed by atoms with Crippen molar-refractivity contribution in [2.45, 2.75) is 0 Å². The number of para-hydroxylation sites is 3. The van der Waals surface area contributed by atoms with E-state index >= 15 is 0 Å². The summed E-state index contributed by atoms with van der Waals surface area (Å²) in [6.45, 7) is 0. The molecule has 0 unspecified atom stereocenters. The molecule has 4 heterocycles. The molecule has 0 saturated carbocycles. The van der Waals surface area contributed by atoms with Crippen molar-refractivity contribution in [1.29, 1.82) is 0 Å². The standard InChI is InChI=1S/C46H26N2S2/c1-2-12-27(13-3-1)47-35-18-8-4-14-29(35)34-26-28(22-24-37(34)47)48-36-19-9-5-15-30(36)41-33-23-25-40-42(31-16-6-10-20-38(31)49-40)43(33)44-32-17-7-11-21-39(32)50-46(44)45(41)48/h1-26H. The second-order valence-corrected chi connectivity index (χ2v) is 15.4. The summed E-state index contributed by atoms with van der Waals surface area (Å²) >= 11 is 3.84. The first-order valence-corrected chi connectivity index (χ1v) is 18.7. The third-order valence-corrected chi connectivity index (χ3v) is 13.0. The van der Waals surface area contributed by atoms with E-state index in [0.717, 1.165) is 0 Å². The van der Waals surface area contributed by atoms with Crippen LogP contribution >= 0.6 is 22.7 Å². The monoisotopic (exact) mass is 670 g/mol. The number of hydrogen-bond donors (Lipinski definition) is 0. The highest BCUT2D eigenvalue weighted by molar-refractivity contribution is 7.27. The number of benzene rings is 8. The van der Waals surface area contributed by atoms with Crippen LogP contribution in [0.4, 0.5) is 0 Å². The van der Waals surface area contributed by atoms with E-state index in [-0.39, 0.29) is 0 Å². The van der Waals surface area contributed by atoms with Gasteiger partial charge in [-0.2, -0.15) is 0 Å². The minimum absolute atomic E-state index is 1.18. The molecular weight excluding hydrogens is 645 g/mol. The summed E-state index contributed by atoms with van der Waals surface area (Å²) in [5, 5.41) is 13.3. The number of fused-ring (bicyclic) bond motifs is 17. The Hall–Kier alpha value is -5.94. The molecule has 232 valence electrons. The average molecular weight is 671 g/mol. The molecule has 50 heavy (non-hydrogen) atoms. The number of hydrogen-bond acceptors (Lipinski definition) is 2. The summed E-state index contributed by atoms with van der Waals surface area (Å²) in [5.41, 5.74) is 7.31. The minimum atomic E-state index is 1.18. The topological polar surface area (TPSA) is 9.86 Å². The van der Waals surface area contributed by atoms with Gasteiger partial charge in [-0.25, -0.2) is 0 Å². The molecule has 0 aliphatic heterocycles. The first-order valence-electron chi connectivity index (χ1n) is 17.0. The molecule has 0 fully saturated rings. The lowest BCUT2D eigenvalue weighted by Crippen LogP contribution is -1.96. The fraction of sp³-hybridized carbons (Fsp3) is 0. The highest BCUT2D eigenvalue weighted by Gasteiger charge is 2.24. The molecule has 8 aromatic carbocycles. The highest BCUT2D eigenvalue weighted by atomic mass is 32.1. The Labute approximate surface area is 294 Å². The van der Waals surface area contributed by atoms with Crippen LogP contribution in [-0.2, 0) is 0 Å². The summed E-state index contributed by atoms with van der Waals surface area (Å²) in [6.07, 6.45) is 0. The normalized spacial score (nSPS) is 12.4. The molecule has 0 amide bonds. The number of nitrogens with zero attached hydrogens (tertiary/aromatic N) is 2. The molecule has 4 heteroatoms. The number of thiophene rings is 2. The van der Waals surface area contributed by atoms with Crippen LogP contribution in [0.15, 0.2) is 158 Å². The van der Waals surface area contributed by atoms with E-state index in [4.69, 9.17) is 0 Å². The van der Waals surface area contributed by atoms with Crippen LogP contribution in [0.2, 0.25) is 0 Å². The Morgan fingerprint density at radius 2 is 0.940 bits per heavy atom. The molecule has 0 N–H and O–H groups in total. The van der Waals surface area contributed by atoms with Crippen LogP contribution in [0.1, 0.15) is 0 Å². The zero-order chi connectivity index (χ0) is 32.5. The minimum Gasteiger partial charge on any atom is -0.309 e. The van der Waals surface area contributed by atoms with Crippen LogP contribution in [0.3, 0.4) is 0 Å². The van der Waals surface area contributed by atoms with Gasteiger partial charge in [0.2, 0.25) is 0 Å². The van der Waals surface area contributed by atoms with Crippen molar-refractivity contribution in [3.8, 4) is 11.4 Å². The first-order chi connectivity index (χ1) is 24.8. The lowest BCUT2D eigenvalue weighted by Gasteiger charge is -2.12. The summed E-state index contributed by atoms with van der Waals surface area (Å²) in [5.74, 6) is 0. The molecule has 4 aromatic heterocycles. The number of rotatable bonds is 2. The van der Waals surface area contributed by atoms with E-state index in [1.165, 1.54) is 106 Å². The van der Waals surface area contributed by atoms with Crippen LogP contribution in [0.5, 0.6) is 0 Å². The Bertz CT molecular complexity index is 3370. The van der Waals surface area contributed by atoms with E-state index in [2.05, 4.69) is 167 Å². The molecule has 0 spiro atoms. The summed E-state index contributed by atoms with van der Waals surface area (Å²) in [7, 11) is 0. The van der Waals surface area contributed by atoms with E-state index < -0.39 is 0 Å². The predicted octanol–water partition coefficient (Wildman–Crippen LogP) is 13.8. The molecule has 0 aliphatic rings. The molecule has 12 aromatic rings. The zero-order valence-electron chi connectivity index (χ0n) is 26.7. The van der Waals surface area contributed by atoms with Gasteiger partial charge in [-0.15, -0.1) is 22.7 Å². The van der Waals surface area contributed by atoms with E-state index in [1.807, 2.05) is 22.7 Å². The van der Waals surface area contributed by atoms with Gasteiger partial charge in [-0.3, -0.25) is 0 Å². The lowest BCUT2D eigenvalue weighted by atomic mass is 9.95. The SMILES string of the molecule is c1ccc(-n2c3ccccc3c3cc(-n4c5ccccc5c5c6ccc7sc8ccccc8c7c6c6c7ccccc7sc6c54)ccc32)cc1. The molecule has 0 bridgehead atoms. The van der Waals surface area contributed by atoms with E-state index in [1.54, 1.807) is 0 Å². The molecule has 2 nitrogen and oxygen atoms in total. The Morgan fingerprint density at radius 1 is 0.320 bits per heavy atom. The third kappa shape index (κ3) is 3.42. The molecular formula is C46H26N2S2. The van der Waals surface area contributed by atoms with Gasteiger partial charge in [0.1, 0.15) is 0 Å². The maximum Gasteiger partial charge on any atom is 0.0726 e. The van der Waals surface area contributed by atoms with Crippen molar-refractivity contribution in [2.24, 2.45) is 0 Å². The summed E-state index contributed by atoms with van der Waals surface area (Å²) in [6, 6.07) is 58.3. The van der Waals surface area contributed by atoms with Gasteiger partial charge in [0, 0.05) is 74.0 Å². The molecule has 0 radical (unpaired) electrons. The molecule has 0 saturated heterocycles. The van der Waals surface area contributed by atoms with Gasteiger partial charge in [-0.1, -0.05) is 97.1 Å². The van der Waals surface area contributed by atoms with Crippen LogP contribution in [-0.4, -0.2) is 9.13 Å². The van der Waals surface area contributed by atoms with Gasteiger partial charge in [0.15, 0.2) is 0 Å². The third-order valence-electron chi connectivity index (χ3n) is 10.7. The lowest BCUT2D eigenvalue weighted by molar-refractivity contribution is 1.17. The Balaban J connectivity index is 1.30. The van der Waals surface area contributed by atoms with Gasteiger partial charge in [-0.05, 0) is 66.0 Å². The fourth-order valence-corrected chi connectivity index (χ4v) is 11.1. The van der Waals surface area contributed by atoms with Crippen LogP contribution < -0.4 is 0 Å².